The number of hydrogen-bond donors (Lipinski definition) is 2. The maximum atomic E-state index is 13.1. The normalized spacial score (nSPS) is 26.6. The zero-order chi connectivity index (χ0) is 15.8. The molecule has 23 heavy (non-hydrogen) atoms. The second-order valence-electron chi connectivity index (χ2n) is 6.76. The van der Waals surface area contributed by atoms with Crippen molar-refractivity contribution in [3.05, 3.63) is 46.5 Å². The maximum Gasteiger partial charge on any atom is 0.251 e. The Hall–Kier alpha value is -1.36. The fourth-order valence-corrected chi connectivity index (χ4v) is 3.77. The first-order chi connectivity index (χ1) is 11.2. The van der Waals surface area contributed by atoms with Gasteiger partial charge in [-0.05, 0) is 37.0 Å². The lowest BCUT2D eigenvalue weighted by molar-refractivity contribution is -0.128. The van der Waals surface area contributed by atoms with E-state index in [0.717, 1.165) is 48.5 Å². The zero-order valence-electron chi connectivity index (χ0n) is 13.1. The quantitative estimate of drug-likeness (QED) is 0.888. The fraction of sp³-hybridized carbons (Fsp3) is 0.500. The Labute approximate surface area is 141 Å². The van der Waals surface area contributed by atoms with E-state index in [1.807, 2.05) is 29.2 Å². The van der Waals surface area contributed by atoms with Gasteiger partial charge in [0, 0.05) is 42.3 Å². The van der Waals surface area contributed by atoms with E-state index < -0.39 is 0 Å². The van der Waals surface area contributed by atoms with E-state index in [2.05, 4.69) is 16.7 Å². The van der Waals surface area contributed by atoms with Crippen LogP contribution in [-0.4, -0.2) is 42.0 Å². The van der Waals surface area contributed by atoms with Gasteiger partial charge in [-0.1, -0.05) is 29.8 Å². The largest absolute Gasteiger partial charge is 0.332 e. The van der Waals surface area contributed by atoms with Crippen LogP contribution in [0.2, 0.25) is 5.02 Å². The Morgan fingerprint density at radius 3 is 2.96 bits per heavy atom. The molecule has 2 aliphatic heterocycles. The average molecular weight is 332 g/mol. The molecule has 1 saturated carbocycles. The van der Waals surface area contributed by atoms with Gasteiger partial charge in [0.2, 0.25) is 0 Å². The number of nitrogens with zero attached hydrogens (tertiary/aromatic N) is 1. The number of carbonyl (C=O) groups excluding carboxylic acids is 1. The van der Waals surface area contributed by atoms with Crippen molar-refractivity contribution in [2.45, 2.75) is 43.9 Å². The molecule has 1 saturated heterocycles. The summed E-state index contributed by atoms with van der Waals surface area (Å²) in [5.41, 5.74) is 2.03. The van der Waals surface area contributed by atoms with E-state index in [1.165, 1.54) is 0 Å². The van der Waals surface area contributed by atoms with E-state index in [4.69, 9.17) is 11.6 Å². The second-order valence-corrected chi connectivity index (χ2v) is 7.20. The summed E-state index contributed by atoms with van der Waals surface area (Å²) in [4.78, 5) is 15.2. The summed E-state index contributed by atoms with van der Waals surface area (Å²) in [5, 5.41) is 7.72. The SMILES string of the molecule is O=C(C1=CCC2CNCC1N2)N(Cc1cccc(Cl)c1)C1CC1. The third-order valence-corrected chi connectivity index (χ3v) is 5.15. The minimum absolute atomic E-state index is 0.149. The minimum Gasteiger partial charge on any atom is -0.332 e. The first-order valence-electron chi connectivity index (χ1n) is 8.43. The summed E-state index contributed by atoms with van der Waals surface area (Å²) in [6, 6.07) is 8.82. The maximum absolute atomic E-state index is 13.1. The lowest BCUT2D eigenvalue weighted by atomic mass is 9.93. The van der Waals surface area contributed by atoms with Gasteiger partial charge in [-0.3, -0.25) is 4.79 Å². The number of piperazine rings is 1. The molecule has 5 heteroatoms. The molecule has 1 aromatic rings. The van der Waals surface area contributed by atoms with Gasteiger partial charge in [-0.15, -0.1) is 0 Å². The first kappa shape index (κ1) is 15.2. The Morgan fingerprint density at radius 2 is 2.17 bits per heavy atom. The highest BCUT2D eigenvalue weighted by Crippen LogP contribution is 2.31. The van der Waals surface area contributed by atoms with E-state index in [-0.39, 0.29) is 11.9 Å². The number of benzene rings is 1. The topological polar surface area (TPSA) is 44.4 Å². The molecule has 0 radical (unpaired) electrons. The summed E-state index contributed by atoms with van der Waals surface area (Å²) in [7, 11) is 0. The van der Waals surface area contributed by atoms with Gasteiger partial charge < -0.3 is 15.5 Å². The van der Waals surface area contributed by atoms with Crippen molar-refractivity contribution in [2.75, 3.05) is 13.1 Å². The van der Waals surface area contributed by atoms with E-state index in [9.17, 15) is 4.79 Å². The Bertz CT molecular complexity index is 641. The molecule has 2 unspecified atom stereocenters. The molecule has 4 nitrogen and oxygen atoms in total. The lowest BCUT2D eigenvalue weighted by Gasteiger charge is -2.38. The van der Waals surface area contributed by atoms with Crippen LogP contribution in [0.25, 0.3) is 0 Å². The number of amides is 1. The van der Waals surface area contributed by atoms with Crippen molar-refractivity contribution in [3.8, 4) is 0 Å². The summed E-state index contributed by atoms with van der Waals surface area (Å²) in [6.07, 6.45) is 5.31. The summed E-state index contributed by atoms with van der Waals surface area (Å²) in [5.74, 6) is 0.187. The molecular weight excluding hydrogens is 310 g/mol. The minimum atomic E-state index is 0.149. The fourth-order valence-electron chi connectivity index (χ4n) is 3.55. The monoisotopic (exact) mass is 331 g/mol. The highest BCUT2D eigenvalue weighted by molar-refractivity contribution is 6.30. The van der Waals surface area contributed by atoms with Gasteiger partial charge in [0.05, 0.1) is 6.04 Å². The van der Waals surface area contributed by atoms with Gasteiger partial charge in [-0.25, -0.2) is 0 Å². The standard InChI is InChI=1S/C18H22ClN3O/c19-13-3-1-2-12(8-13)11-22(15-5-6-15)18(23)16-7-4-14-9-20-10-17(16)21-14/h1-3,7-8,14-15,17,20-21H,4-6,9-11H2. The van der Waals surface area contributed by atoms with E-state index >= 15 is 0 Å². The molecule has 0 aromatic heterocycles. The number of halogens is 1. The van der Waals surface area contributed by atoms with Crippen LogP contribution in [0.3, 0.4) is 0 Å². The summed E-state index contributed by atoms with van der Waals surface area (Å²) >= 11 is 6.09. The average Bonchev–Trinajstić information content (AvgIpc) is 3.37. The third-order valence-electron chi connectivity index (χ3n) is 4.91. The van der Waals surface area contributed by atoms with E-state index in [1.54, 1.807) is 0 Å². The molecule has 2 fully saturated rings. The number of fused-ring (bicyclic) bond motifs is 2. The zero-order valence-corrected chi connectivity index (χ0v) is 13.9. The second kappa shape index (κ2) is 6.27. The van der Waals surface area contributed by atoms with Gasteiger partial charge in [0.15, 0.2) is 0 Å². The van der Waals surface area contributed by atoms with Crippen LogP contribution >= 0.6 is 11.6 Å². The highest BCUT2D eigenvalue weighted by atomic mass is 35.5. The molecule has 2 heterocycles. The van der Waals surface area contributed by atoms with Crippen LogP contribution in [0, 0.1) is 0 Å². The van der Waals surface area contributed by atoms with Crippen molar-refractivity contribution in [2.24, 2.45) is 0 Å². The third kappa shape index (κ3) is 3.30. The molecule has 2 N–H and O–H groups in total. The van der Waals surface area contributed by atoms with Crippen LogP contribution in [0.1, 0.15) is 24.8 Å². The number of nitrogens with one attached hydrogen (secondary N) is 2. The van der Waals surface area contributed by atoms with E-state index in [0.29, 0.717) is 18.6 Å². The number of hydrogen-bond acceptors (Lipinski definition) is 3. The molecule has 3 aliphatic rings. The predicted molar refractivity (Wildman–Crippen MR) is 91.3 cm³/mol. The summed E-state index contributed by atoms with van der Waals surface area (Å²) < 4.78 is 0. The number of carbonyl (C=O) groups is 1. The number of rotatable bonds is 4. The highest BCUT2D eigenvalue weighted by Gasteiger charge is 2.38. The van der Waals surface area contributed by atoms with Crippen molar-refractivity contribution in [1.29, 1.82) is 0 Å². The van der Waals surface area contributed by atoms with Crippen LogP contribution < -0.4 is 10.6 Å². The first-order valence-corrected chi connectivity index (χ1v) is 8.81. The molecule has 1 aliphatic carbocycles. The van der Waals surface area contributed by atoms with Crippen LogP contribution in [0.4, 0.5) is 0 Å². The van der Waals surface area contributed by atoms with Gasteiger partial charge in [-0.2, -0.15) is 0 Å². The summed E-state index contributed by atoms with van der Waals surface area (Å²) in [6.45, 7) is 2.47. The molecule has 2 atom stereocenters. The lowest BCUT2D eigenvalue weighted by Crippen LogP contribution is -2.59. The molecular formula is C18H22ClN3O. The van der Waals surface area contributed by atoms with Crippen LogP contribution in [0.5, 0.6) is 0 Å². The van der Waals surface area contributed by atoms with Crippen LogP contribution in [-0.2, 0) is 11.3 Å². The molecule has 122 valence electrons. The van der Waals surface area contributed by atoms with Gasteiger partial charge in [0.1, 0.15) is 0 Å². The van der Waals surface area contributed by atoms with Crippen molar-refractivity contribution in [3.63, 3.8) is 0 Å². The molecule has 1 amide bonds. The molecule has 4 rings (SSSR count). The Kier molecular flexibility index (Phi) is 4.14. The van der Waals surface area contributed by atoms with Gasteiger partial charge in [0.25, 0.3) is 5.91 Å². The molecule has 0 spiro atoms. The molecule has 1 aromatic carbocycles. The van der Waals surface area contributed by atoms with Crippen molar-refractivity contribution in [1.82, 2.24) is 15.5 Å². The Balaban J connectivity index is 1.54. The smallest absolute Gasteiger partial charge is 0.251 e. The van der Waals surface area contributed by atoms with Crippen LogP contribution in [0.15, 0.2) is 35.9 Å². The van der Waals surface area contributed by atoms with Crippen molar-refractivity contribution >= 4 is 17.5 Å². The van der Waals surface area contributed by atoms with Crippen molar-refractivity contribution < 1.29 is 4.79 Å². The predicted octanol–water partition coefficient (Wildman–Crippen LogP) is 2.09. The van der Waals surface area contributed by atoms with Gasteiger partial charge >= 0.3 is 0 Å². The molecule has 2 bridgehead atoms. The Morgan fingerprint density at radius 1 is 1.30 bits per heavy atom.